The lowest BCUT2D eigenvalue weighted by Gasteiger charge is -2.28. The van der Waals surface area contributed by atoms with Gasteiger partial charge in [0.15, 0.2) is 0 Å². The molecule has 1 aromatic rings. The highest BCUT2D eigenvalue weighted by atomic mass is 16.5. The van der Waals surface area contributed by atoms with Gasteiger partial charge in [-0.1, -0.05) is 30.3 Å². The minimum Gasteiger partial charge on any atom is -0.361 e. The normalized spacial score (nSPS) is 30.5. The van der Waals surface area contributed by atoms with E-state index in [2.05, 4.69) is 29.2 Å². The monoisotopic (exact) mass is 259 g/mol. The average molecular weight is 259 g/mol. The molecule has 1 aromatic carbocycles. The van der Waals surface area contributed by atoms with Crippen molar-refractivity contribution in [3.8, 4) is 0 Å². The van der Waals surface area contributed by atoms with Crippen LogP contribution in [0.4, 0.5) is 0 Å². The highest BCUT2D eigenvalue weighted by Crippen LogP contribution is 2.41. The van der Waals surface area contributed by atoms with Gasteiger partial charge in [0, 0.05) is 12.5 Å². The Bertz CT molecular complexity index is 445. The van der Waals surface area contributed by atoms with E-state index in [0.29, 0.717) is 24.3 Å². The van der Waals surface area contributed by atoms with Crippen LogP contribution in [0.15, 0.2) is 30.3 Å². The van der Waals surface area contributed by atoms with Gasteiger partial charge in [0.25, 0.3) is 0 Å². The largest absolute Gasteiger partial charge is 0.361 e. The summed E-state index contributed by atoms with van der Waals surface area (Å²) in [5.74, 6) is 0.292. The van der Waals surface area contributed by atoms with Crippen LogP contribution in [0.3, 0.4) is 0 Å². The van der Waals surface area contributed by atoms with Gasteiger partial charge in [-0.2, -0.15) is 0 Å². The summed E-state index contributed by atoms with van der Waals surface area (Å²) in [6.07, 6.45) is 4.18. The molecule has 0 saturated carbocycles. The molecular formula is C16H21NO2. The summed E-state index contributed by atoms with van der Waals surface area (Å²) in [6, 6.07) is 11.4. The second kappa shape index (κ2) is 5.43. The Morgan fingerprint density at radius 3 is 2.84 bits per heavy atom. The number of nitrogens with zero attached hydrogens (tertiary/aromatic N) is 1. The number of fused-ring (bicyclic) bond motifs is 1. The minimum absolute atomic E-state index is 0.266. The lowest BCUT2D eigenvalue weighted by atomic mass is 10.0. The van der Waals surface area contributed by atoms with Crippen LogP contribution in [0.1, 0.15) is 44.2 Å². The molecule has 2 saturated heterocycles. The standard InChI is InChI=1S/C16H21NO2/c1-12(18)7-8-14-9-10-16-17(14)15(11-19-16)13-5-3-2-4-6-13/h2-6,14-16H,7-11H2,1H3. The highest BCUT2D eigenvalue weighted by molar-refractivity contribution is 5.75. The summed E-state index contributed by atoms with van der Waals surface area (Å²) in [7, 11) is 0. The molecule has 2 aliphatic rings. The predicted molar refractivity (Wildman–Crippen MR) is 73.7 cm³/mol. The Kier molecular flexibility index (Phi) is 3.67. The average Bonchev–Trinajstić information content (AvgIpc) is 2.99. The van der Waals surface area contributed by atoms with Gasteiger partial charge in [-0.05, 0) is 31.7 Å². The number of Topliss-reactive ketones (excluding diaryl/α,β-unsaturated/α-hetero) is 1. The third-order valence-electron chi connectivity index (χ3n) is 4.32. The number of ketones is 1. The van der Waals surface area contributed by atoms with Gasteiger partial charge in [0.05, 0.1) is 12.6 Å². The van der Waals surface area contributed by atoms with Gasteiger partial charge in [-0.3, -0.25) is 4.90 Å². The van der Waals surface area contributed by atoms with Gasteiger partial charge in [0.2, 0.25) is 0 Å². The molecule has 3 atom stereocenters. The first-order chi connectivity index (χ1) is 9.25. The quantitative estimate of drug-likeness (QED) is 0.832. The van der Waals surface area contributed by atoms with E-state index >= 15 is 0 Å². The zero-order chi connectivity index (χ0) is 13.2. The molecule has 0 spiro atoms. The smallest absolute Gasteiger partial charge is 0.129 e. The Labute approximate surface area is 114 Å². The van der Waals surface area contributed by atoms with Crippen molar-refractivity contribution in [3.05, 3.63) is 35.9 Å². The second-order valence-corrected chi connectivity index (χ2v) is 5.63. The molecule has 0 aliphatic carbocycles. The first-order valence-corrected chi connectivity index (χ1v) is 7.19. The van der Waals surface area contributed by atoms with E-state index < -0.39 is 0 Å². The van der Waals surface area contributed by atoms with E-state index in [1.54, 1.807) is 6.92 Å². The van der Waals surface area contributed by atoms with Crippen LogP contribution in [0.2, 0.25) is 0 Å². The van der Waals surface area contributed by atoms with Gasteiger partial charge >= 0.3 is 0 Å². The molecule has 3 rings (SSSR count). The summed E-state index contributed by atoms with van der Waals surface area (Å²) in [5.41, 5.74) is 1.33. The number of rotatable bonds is 4. The molecule has 19 heavy (non-hydrogen) atoms. The SMILES string of the molecule is CC(=O)CCC1CCC2OCC(c3ccccc3)N12. The van der Waals surface area contributed by atoms with Crippen molar-refractivity contribution in [3.63, 3.8) is 0 Å². The van der Waals surface area contributed by atoms with Crippen molar-refractivity contribution in [2.75, 3.05) is 6.61 Å². The number of carbonyl (C=O) groups is 1. The maximum absolute atomic E-state index is 11.2. The molecule has 0 N–H and O–H groups in total. The van der Waals surface area contributed by atoms with E-state index in [1.165, 1.54) is 5.56 Å². The number of benzene rings is 1. The Balaban J connectivity index is 1.74. The molecule has 0 amide bonds. The van der Waals surface area contributed by atoms with E-state index in [9.17, 15) is 4.79 Å². The summed E-state index contributed by atoms with van der Waals surface area (Å²) < 4.78 is 5.92. The van der Waals surface area contributed by atoms with Gasteiger partial charge in [-0.15, -0.1) is 0 Å². The lowest BCUT2D eigenvalue weighted by Crippen LogP contribution is -2.34. The van der Waals surface area contributed by atoms with Crippen LogP contribution in [0, 0.1) is 0 Å². The predicted octanol–water partition coefficient (Wildman–Crippen LogP) is 2.92. The van der Waals surface area contributed by atoms with Crippen LogP contribution >= 0.6 is 0 Å². The minimum atomic E-state index is 0.266. The summed E-state index contributed by atoms with van der Waals surface area (Å²) >= 11 is 0. The molecule has 0 radical (unpaired) electrons. The fourth-order valence-electron chi connectivity index (χ4n) is 3.39. The maximum atomic E-state index is 11.2. The maximum Gasteiger partial charge on any atom is 0.129 e. The second-order valence-electron chi connectivity index (χ2n) is 5.63. The number of hydrogen-bond donors (Lipinski definition) is 0. The summed E-state index contributed by atoms with van der Waals surface area (Å²) in [6.45, 7) is 2.47. The van der Waals surface area contributed by atoms with Gasteiger partial charge in [0.1, 0.15) is 12.0 Å². The van der Waals surface area contributed by atoms with Gasteiger partial charge in [-0.25, -0.2) is 0 Å². The Morgan fingerprint density at radius 2 is 2.11 bits per heavy atom. The topological polar surface area (TPSA) is 29.5 Å². The third kappa shape index (κ3) is 2.58. The van der Waals surface area contributed by atoms with Crippen LogP contribution in [-0.4, -0.2) is 29.6 Å². The third-order valence-corrected chi connectivity index (χ3v) is 4.32. The highest BCUT2D eigenvalue weighted by Gasteiger charge is 2.43. The fraction of sp³-hybridized carbons (Fsp3) is 0.562. The van der Waals surface area contributed by atoms with Crippen molar-refractivity contribution >= 4 is 5.78 Å². The zero-order valence-corrected chi connectivity index (χ0v) is 11.4. The lowest BCUT2D eigenvalue weighted by molar-refractivity contribution is -0.117. The van der Waals surface area contributed by atoms with Gasteiger partial charge < -0.3 is 9.53 Å². The molecule has 3 unspecified atom stereocenters. The van der Waals surface area contributed by atoms with Crippen molar-refractivity contribution in [2.45, 2.75) is 50.9 Å². The van der Waals surface area contributed by atoms with Crippen LogP contribution in [-0.2, 0) is 9.53 Å². The zero-order valence-electron chi connectivity index (χ0n) is 11.4. The van der Waals surface area contributed by atoms with Crippen LogP contribution < -0.4 is 0 Å². The van der Waals surface area contributed by atoms with Crippen molar-refractivity contribution in [2.24, 2.45) is 0 Å². The first kappa shape index (κ1) is 12.8. The van der Waals surface area contributed by atoms with Crippen molar-refractivity contribution < 1.29 is 9.53 Å². The van der Waals surface area contributed by atoms with Crippen LogP contribution in [0.25, 0.3) is 0 Å². The molecule has 0 aromatic heterocycles. The Morgan fingerprint density at radius 1 is 1.32 bits per heavy atom. The molecule has 2 heterocycles. The van der Waals surface area contributed by atoms with Crippen molar-refractivity contribution in [1.29, 1.82) is 0 Å². The van der Waals surface area contributed by atoms with E-state index in [-0.39, 0.29) is 6.23 Å². The van der Waals surface area contributed by atoms with Crippen molar-refractivity contribution in [1.82, 2.24) is 4.90 Å². The summed E-state index contributed by atoms with van der Waals surface area (Å²) in [5, 5.41) is 0. The van der Waals surface area contributed by atoms with E-state index in [4.69, 9.17) is 4.74 Å². The molecule has 3 heteroatoms. The first-order valence-electron chi connectivity index (χ1n) is 7.19. The molecule has 2 aliphatic heterocycles. The van der Waals surface area contributed by atoms with E-state index in [1.807, 2.05) is 6.07 Å². The number of hydrogen-bond acceptors (Lipinski definition) is 3. The van der Waals surface area contributed by atoms with E-state index in [0.717, 1.165) is 25.9 Å². The molecule has 0 bridgehead atoms. The Hall–Kier alpha value is -1.19. The molecule has 3 nitrogen and oxygen atoms in total. The molecule has 102 valence electrons. The number of ether oxygens (including phenoxy) is 1. The fourth-order valence-corrected chi connectivity index (χ4v) is 3.39. The van der Waals surface area contributed by atoms with Crippen LogP contribution in [0.5, 0.6) is 0 Å². The number of carbonyl (C=O) groups excluding carboxylic acids is 1. The molecular weight excluding hydrogens is 238 g/mol. The summed E-state index contributed by atoms with van der Waals surface area (Å²) in [4.78, 5) is 13.7. The molecule has 2 fully saturated rings.